The van der Waals surface area contributed by atoms with Gasteiger partial charge in [0.25, 0.3) is 0 Å². The van der Waals surface area contributed by atoms with Crippen molar-refractivity contribution < 1.29 is 28.6 Å². The number of amides is 1. The largest absolute Gasteiger partial charge is 0.486 e. The Kier molecular flexibility index (Phi) is 9.67. The lowest BCUT2D eigenvalue weighted by Crippen LogP contribution is -2.18. The molecule has 11 heteroatoms. The van der Waals surface area contributed by atoms with Gasteiger partial charge in [0.1, 0.15) is 12.4 Å². The number of nitrogens with zero attached hydrogens (tertiary/aromatic N) is 3. The van der Waals surface area contributed by atoms with Crippen molar-refractivity contribution in [1.29, 1.82) is 0 Å². The first-order valence-electron chi connectivity index (χ1n) is 11.7. The Balaban J connectivity index is 1.65. The molecular weight excluding hydrogens is 496 g/mol. The molecule has 0 aliphatic heterocycles. The number of rotatable bonds is 11. The molecule has 1 aromatic heterocycles. The zero-order valence-corrected chi connectivity index (χ0v) is 22.3. The number of hydrogen-bond acceptors (Lipinski definition) is 9. The van der Waals surface area contributed by atoms with E-state index < -0.39 is 17.8 Å². The molecule has 1 amide bonds. The van der Waals surface area contributed by atoms with Gasteiger partial charge in [0.15, 0.2) is 11.0 Å². The van der Waals surface area contributed by atoms with E-state index in [1.165, 1.54) is 49.7 Å². The fourth-order valence-corrected chi connectivity index (χ4v) is 4.27. The molecule has 1 N–H and O–H groups in total. The highest BCUT2D eigenvalue weighted by molar-refractivity contribution is 7.99. The molecule has 10 nitrogen and oxygen atoms in total. The molecule has 37 heavy (non-hydrogen) atoms. The standard InChI is InChI=1S/C26H30N4O6S/c1-6-30-22(14-36-19-10-7-17(8-11-19)16(2)3)28-29-26(30)37-15-23(31)27-21-13-18(24(32)34-4)9-12-20(21)25(33)35-5/h7-13,16H,6,14-15H2,1-5H3,(H,27,31). The van der Waals surface area contributed by atoms with E-state index in [9.17, 15) is 14.4 Å². The monoisotopic (exact) mass is 526 g/mol. The van der Waals surface area contributed by atoms with E-state index in [1.54, 1.807) is 0 Å². The lowest BCUT2D eigenvalue weighted by atomic mass is 10.0. The molecule has 0 spiro atoms. The number of ether oxygens (including phenoxy) is 3. The van der Waals surface area contributed by atoms with Crippen LogP contribution in [0.5, 0.6) is 5.75 Å². The van der Waals surface area contributed by atoms with Crippen molar-refractivity contribution >= 4 is 35.3 Å². The smallest absolute Gasteiger partial charge is 0.339 e. The highest BCUT2D eigenvalue weighted by Crippen LogP contribution is 2.23. The maximum Gasteiger partial charge on any atom is 0.339 e. The van der Waals surface area contributed by atoms with Crippen LogP contribution < -0.4 is 10.1 Å². The third-order valence-electron chi connectivity index (χ3n) is 5.48. The maximum atomic E-state index is 12.7. The Hall–Kier alpha value is -3.86. The van der Waals surface area contributed by atoms with Gasteiger partial charge in [-0.1, -0.05) is 37.7 Å². The number of methoxy groups -OCH3 is 2. The van der Waals surface area contributed by atoms with E-state index in [2.05, 4.69) is 29.4 Å². The molecule has 0 aliphatic rings. The van der Waals surface area contributed by atoms with Crippen LogP contribution in [-0.2, 0) is 27.4 Å². The van der Waals surface area contributed by atoms with Crippen LogP contribution in [-0.4, -0.2) is 52.6 Å². The number of esters is 2. The lowest BCUT2D eigenvalue weighted by molar-refractivity contribution is -0.113. The lowest BCUT2D eigenvalue weighted by Gasteiger charge is -2.12. The molecule has 0 unspecified atom stereocenters. The van der Waals surface area contributed by atoms with E-state index in [0.29, 0.717) is 23.4 Å². The van der Waals surface area contributed by atoms with Crippen LogP contribution in [0.1, 0.15) is 58.8 Å². The number of hydrogen-bond donors (Lipinski definition) is 1. The van der Waals surface area contributed by atoms with Gasteiger partial charge in [-0.05, 0) is 48.7 Å². The topological polar surface area (TPSA) is 122 Å². The Morgan fingerprint density at radius 1 is 1.00 bits per heavy atom. The summed E-state index contributed by atoms with van der Waals surface area (Å²) in [5, 5.41) is 11.7. The predicted molar refractivity (Wildman–Crippen MR) is 139 cm³/mol. The SMILES string of the molecule is CCn1c(COc2ccc(C(C)C)cc2)nnc1SCC(=O)Nc1cc(C(=O)OC)ccc1C(=O)OC. The molecule has 3 rings (SSSR count). The van der Waals surface area contributed by atoms with Crippen LogP contribution in [0.25, 0.3) is 0 Å². The highest BCUT2D eigenvalue weighted by atomic mass is 32.2. The molecular formula is C26H30N4O6S. The Morgan fingerprint density at radius 3 is 2.32 bits per heavy atom. The van der Waals surface area contributed by atoms with E-state index in [-0.39, 0.29) is 29.2 Å². The van der Waals surface area contributed by atoms with Gasteiger partial charge in [-0.15, -0.1) is 10.2 Å². The number of nitrogens with one attached hydrogen (secondary N) is 1. The summed E-state index contributed by atoms with van der Waals surface area (Å²) in [5.74, 6) is 0.176. The summed E-state index contributed by atoms with van der Waals surface area (Å²) in [4.78, 5) is 36.7. The Labute approximate surface area is 219 Å². The van der Waals surface area contributed by atoms with Crippen molar-refractivity contribution in [1.82, 2.24) is 14.8 Å². The minimum Gasteiger partial charge on any atom is -0.486 e. The number of thioether (sulfide) groups is 1. The molecule has 0 bridgehead atoms. The minimum atomic E-state index is -0.645. The highest BCUT2D eigenvalue weighted by Gasteiger charge is 2.19. The molecule has 3 aromatic rings. The van der Waals surface area contributed by atoms with E-state index in [4.69, 9.17) is 14.2 Å². The van der Waals surface area contributed by atoms with Gasteiger partial charge in [0.05, 0.1) is 36.8 Å². The van der Waals surface area contributed by atoms with Gasteiger partial charge in [-0.2, -0.15) is 0 Å². The third kappa shape index (κ3) is 7.10. The molecule has 0 saturated heterocycles. The van der Waals surface area contributed by atoms with Crippen LogP contribution in [0.3, 0.4) is 0 Å². The zero-order chi connectivity index (χ0) is 26.9. The molecule has 0 aliphatic carbocycles. The van der Waals surface area contributed by atoms with Crippen LogP contribution in [0.15, 0.2) is 47.6 Å². The van der Waals surface area contributed by atoms with Crippen LogP contribution in [0, 0.1) is 0 Å². The fraction of sp³-hybridized carbons (Fsp3) is 0.346. The van der Waals surface area contributed by atoms with Crippen molar-refractivity contribution in [3.05, 3.63) is 65.0 Å². The molecule has 1 heterocycles. The summed E-state index contributed by atoms with van der Waals surface area (Å²) in [6, 6.07) is 12.1. The second kappa shape index (κ2) is 12.9. The predicted octanol–water partition coefficient (Wildman–Crippen LogP) is 4.30. The Bertz CT molecular complexity index is 1260. The minimum absolute atomic E-state index is 0.00127. The van der Waals surface area contributed by atoms with Gasteiger partial charge in [0, 0.05) is 6.54 Å². The first-order valence-corrected chi connectivity index (χ1v) is 12.6. The molecule has 0 fully saturated rings. The van der Waals surface area contributed by atoms with Crippen LogP contribution in [0.2, 0.25) is 0 Å². The molecule has 0 radical (unpaired) electrons. The van der Waals surface area contributed by atoms with Crippen LogP contribution >= 0.6 is 11.8 Å². The summed E-state index contributed by atoms with van der Waals surface area (Å²) in [5.41, 5.74) is 1.69. The average Bonchev–Trinajstić information content (AvgIpc) is 3.31. The molecule has 0 atom stereocenters. The quantitative estimate of drug-likeness (QED) is 0.288. The van der Waals surface area contributed by atoms with Crippen molar-refractivity contribution in [3.8, 4) is 5.75 Å². The second-order valence-corrected chi connectivity index (χ2v) is 9.18. The maximum absolute atomic E-state index is 12.7. The number of benzene rings is 2. The zero-order valence-electron chi connectivity index (χ0n) is 21.4. The summed E-state index contributed by atoms with van der Waals surface area (Å²) in [6.45, 7) is 7.05. The summed E-state index contributed by atoms with van der Waals surface area (Å²) in [7, 11) is 2.48. The number of aromatic nitrogens is 3. The summed E-state index contributed by atoms with van der Waals surface area (Å²) in [6.07, 6.45) is 0. The van der Waals surface area contributed by atoms with E-state index in [1.807, 2.05) is 35.8 Å². The van der Waals surface area contributed by atoms with Gasteiger partial charge < -0.3 is 24.1 Å². The number of carbonyl (C=O) groups excluding carboxylic acids is 3. The van der Waals surface area contributed by atoms with E-state index in [0.717, 1.165) is 5.75 Å². The van der Waals surface area contributed by atoms with Crippen molar-refractivity contribution in [2.45, 2.75) is 45.0 Å². The Morgan fingerprint density at radius 2 is 1.70 bits per heavy atom. The fourth-order valence-electron chi connectivity index (χ4n) is 3.44. The van der Waals surface area contributed by atoms with Gasteiger partial charge in [-0.3, -0.25) is 4.79 Å². The number of carbonyl (C=O) groups is 3. The first-order chi connectivity index (χ1) is 17.8. The van der Waals surface area contributed by atoms with Gasteiger partial charge in [-0.25, -0.2) is 9.59 Å². The van der Waals surface area contributed by atoms with Crippen molar-refractivity contribution in [3.63, 3.8) is 0 Å². The van der Waals surface area contributed by atoms with Crippen LogP contribution in [0.4, 0.5) is 5.69 Å². The molecule has 196 valence electrons. The summed E-state index contributed by atoms with van der Waals surface area (Å²) >= 11 is 1.20. The van der Waals surface area contributed by atoms with Crippen molar-refractivity contribution in [2.75, 3.05) is 25.3 Å². The van der Waals surface area contributed by atoms with Gasteiger partial charge in [0.2, 0.25) is 5.91 Å². The average molecular weight is 527 g/mol. The molecule has 0 saturated carbocycles. The summed E-state index contributed by atoms with van der Waals surface area (Å²) < 4.78 is 17.2. The normalized spacial score (nSPS) is 10.8. The second-order valence-electron chi connectivity index (χ2n) is 8.24. The number of anilines is 1. The molecule has 2 aromatic carbocycles. The van der Waals surface area contributed by atoms with E-state index >= 15 is 0 Å². The first kappa shape index (κ1) is 27.7. The van der Waals surface area contributed by atoms with Gasteiger partial charge >= 0.3 is 11.9 Å². The third-order valence-corrected chi connectivity index (χ3v) is 6.44. The van der Waals surface area contributed by atoms with Crippen molar-refractivity contribution in [2.24, 2.45) is 0 Å².